The Morgan fingerprint density at radius 2 is 2.00 bits per heavy atom. The van der Waals surface area contributed by atoms with Gasteiger partial charge in [0.25, 0.3) is 0 Å². The molecule has 1 rings (SSSR count). The molecule has 0 radical (unpaired) electrons. The van der Waals surface area contributed by atoms with E-state index in [1.54, 1.807) is 0 Å². The first kappa shape index (κ1) is 14.5. The van der Waals surface area contributed by atoms with Crippen molar-refractivity contribution in [3.63, 3.8) is 0 Å². The van der Waals surface area contributed by atoms with Gasteiger partial charge in [0.2, 0.25) is 0 Å². The third-order valence-corrected chi connectivity index (χ3v) is 3.86. The summed E-state index contributed by atoms with van der Waals surface area (Å²) in [7, 11) is 0. The molecular formula is C15H28O2. The van der Waals surface area contributed by atoms with Gasteiger partial charge in [0.15, 0.2) is 0 Å². The van der Waals surface area contributed by atoms with Crippen molar-refractivity contribution in [1.29, 1.82) is 0 Å². The molecule has 4 atom stereocenters. The highest BCUT2D eigenvalue weighted by Gasteiger charge is 2.37. The molecule has 0 aliphatic carbocycles. The smallest absolute Gasteiger partial charge is 0.309 e. The van der Waals surface area contributed by atoms with Crippen LogP contribution >= 0.6 is 0 Å². The van der Waals surface area contributed by atoms with Crippen molar-refractivity contribution in [3.8, 4) is 0 Å². The number of ether oxygens (including phenoxy) is 1. The van der Waals surface area contributed by atoms with Crippen molar-refractivity contribution in [2.24, 2.45) is 23.7 Å². The van der Waals surface area contributed by atoms with Gasteiger partial charge < -0.3 is 4.74 Å². The zero-order valence-corrected chi connectivity index (χ0v) is 12.0. The first-order chi connectivity index (χ1) is 7.95. The first-order valence-corrected chi connectivity index (χ1v) is 7.16. The van der Waals surface area contributed by atoms with Crippen LogP contribution < -0.4 is 0 Å². The number of hydrogen-bond acceptors (Lipinski definition) is 2. The third kappa shape index (κ3) is 4.01. The lowest BCUT2D eigenvalue weighted by molar-refractivity contribution is -0.170. The molecule has 0 amide bonds. The molecule has 2 nitrogen and oxygen atoms in total. The predicted molar refractivity (Wildman–Crippen MR) is 70.7 cm³/mol. The van der Waals surface area contributed by atoms with Crippen LogP contribution in [0.2, 0.25) is 0 Å². The third-order valence-electron chi connectivity index (χ3n) is 3.86. The van der Waals surface area contributed by atoms with Crippen molar-refractivity contribution >= 4 is 5.97 Å². The van der Waals surface area contributed by atoms with Gasteiger partial charge in [-0.1, -0.05) is 41.0 Å². The van der Waals surface area contributed by atoms with E-state index in [0.717, 1.165) is 25.7 Å². The van der Waals surface area contributed by atoms with Crippen LogP contribution in [0.4, 0.5) is 0 Å². The van der Waals surface area contributed by atoms with Crippen molar-refractivity contribution in [2.45, 2.75) is 66.4 Å². The monoisotopic (exact) mass is 243 g/mol. The van der Waals surface area contributed by atoms with Gasteiger partial charge in [-0.15, -0.1) is 0 Å². The maximum atomic E-state index is 12.0. The molecule has 0 saturated carbocycles. The van der Waals surface area contributed by atoms with Gasteiger partial charge >= 0.3 is 5.97 Å². The zero-order chi connectivity index (χ0) is 13.0. The highest BCUT2D eigenvalue weighted by Crippen LogP contribution is 2.34. The van der Waals surface area contributed by atoms with E-state index >= 15 is 0 Å². The van der Waals surface area contributed by atoms with Gasteiger partial charge in [-0.2, -0.15) is 0 Å². The van der Waals surface area contributed by atoms with Crippen molar-refractivity contribution in [3.05, 3.63) is 0 Å². The average Bonchev–Trinajstić information content (AvgIpc) is 2.22. The SMILES string of the molecule is CC[13CH2][C@H](C)[13C@H]1OC(=O)[C@@H](CC(C)C)[13CH2][C@H]1C. The molecule has 0 aromatic heterocycles. The summed E-state index contributed by atoms with van der Waals surface area (Å²) in [6.07, 6.45) is 4.44. The number of carbonyl (C=O) groups is 1. The van der Waals surface area contributed by atoms with Crippen LogP contribution in [0.15, 0.2) is 0 Å². The van der Waals surface area contributed by atoms with Crippen LogP contribution in [0.25, 0.3) is 0 Å². The summed E-state index contributed by atoms with van der Waals surface area (Å²) < 4.78 is 5.69. The zero-order valence-electron chi connectivity index (χ0n) is 12.0. The largest absolute Gasteiger partial charge is 0.462 e. The molecule has 0 aromatic carbocycles. The summed E-state index contributed by atoms with van der Waals surface area (Å²) >= 11 is 0. The lowest BCUT2D eigenvalue weighted by atomic mass is 9.98. The molecule has 1 fully saturated rings. The van der Waals surface area contributed by atoms with Crippen LogP contribution in [0.5, 0.6) is 0 Å². The van der Waals surface area contributed by atoms with Crippen LogP contribution in [-0.2, 0) is 9.53 Å². The minimum atomic E-state index is 0.0461. The molecule has 0 N–H and O–H groups in total. The molecule has 0 unspecified atom stereocenters. The van der Waals surface area contributed by atoms with Gasteiger partial charge in [-0.25, -0.2) is 0 Å². The van der Waals surface area contributed by atoms with Gasteiger partial charge in [0.1, 0.15) is 6.10 Å². The van der Waals surface area contributed by atoms with Crippen molar-refractivity contribution in [2.75, 3.05) is 0 Å². The summed E-state index contributed by atoms with van der Waals surface area (Å²) in [4.78, 5) is 12.0. The van der Waals surface area contributed by atoms with E-state index in [2.05, 4.69) is 34.6 Å². The topological polar surface area (TPSA) is 26.3 Å². The molecule has 1 heterocycles. The van der Waals surface area contributed by atoms with Crippen molar-refractivity contribution in [1.82, 2.24) is 0 Å². The Bertz CT molecular complexity index is 247. The number of carbonyl (C=O) groups excluding carboxylic acids is 1. The molecule has 0 aromatic rings. The van der Waals surface area contributed by atoms with Crippen LogP contribution in [0, 0.1) is 23.7 Å². The second-order valence-corrected chi connectivity index (χ2v) is 6.21. The molecule has 1 aliphatic heterocycles. The fraction of sp³-hybridized carbons (Fsp3) is 0.933. The number of hydrogen-bond donors (Lipinski definition) is 0. The van der Waals surface area contributed by atoms with E-state index in [1.165, 1.54) is 0 Å². The lowest BCUT2D eigenvalue weighted by Crippen LogP contribution is -2.41. The molecule has 17 heavy (non-hydrogen) atoms. The lowest BCUT2D eigenvalue weighted by Gasteiger charge is -2.37. The molecule has 100 valence electrons. The van der Waals surface area contributed by atoms with E-state index in [-0.39, 0.29) is 18.0 Å². The van der Waals surface area contributed by atoms with Gasteiger partial charge in [0.05, 0.1) is 5.92 Å². The summed E-state index contributed by atoms with van der Waals surface area (Å²) in [5, 5.41) is 0. The summed E-state index contributed by atoms with van der Waals surface area (Å²) in [5.74, 6) is 1.76. The van der Waals surface area contributed by atoms with E-state index in [0.29, 0.717) is 17.8 Å². The Labute approximate surface area is 106 Å². The molecular weight excluding hydrogens is 215 g/mol. The molecule has 1 saturated heterocycles. The Hall–Kier alpha value is -0.530. The summed E-state index contributed by atoms with van der Waals surface area (Å²) in [6.45, 7) is 11.0. The van der Waals surface area contributed by atoms with E-state index in [9.17, 15) is 4.79 Å². The quantitative estimate of drug-likeness (QED) is 0.538. The Balaban J connectivity index is 2.57. The maximum Gasteiger partial charge on any atom is 0.309 e. The Kier molecular flexibility index (Phi) is 5.48. The van der Waals surface area contributed by atoms with Gasteiger partial charge in [0, 0.05) is 0 Å². The van der Waals surface area contributed by atoms with Crippen LogP contribution in [0.3, 0.4) is 0 Å². The van der Waals surface area contributed by atoms with Gasteiger partial charge in [-0.05, 0) is 37.0 Å². The molecule has 0 bridgehead atoms. The Morgan fingerprint density at radius 1 is 1.35 bits per heavy atom. The fourth-order valence-corrected chi connectivity index (χ4v) is 3.08. The summed E-state index contributed by atoms with van der Waals surface area (Å²) in [6, 6.07) is 0. The van der Waals surface area contributed by atoms with Gasteiger partial charge in [-0.3, -0.25) is 4.79 Å². The van der Waals surface area contributed by atoms with Crippen LogP contribution in [-0.4, -0.2) is 12.1 Å². The standard InChI is InChI=1S/C15H28O2/c1-6-7-11(4)14-12(5)9-13(8-10(2)3)15(16)17-14/h10-14H,6-9H2,1-5H3/t11-,12+,13-,14+/m0/s1/i7+1,9+1,14+1. The highest BCUT2D eigenvalue weighted by atomic mass is 16.6. The highest BCUT2D eigenvalue weighted by molar-refractivity contribution is 5.73. The van der Waals surface area contributed by atoms with E-state index < -0.39 is 0 Å². The number of cyclic esters (lactones) is 1. The number of rotatable bonds is 5. The summed E-state index contributed by atoms with van der Waals surface area (Å²) in [5.41, 5.74) is 0. The second-order valence-electron chi connectivity index (χ2n) is 6.21. The minimum Gasteiger partial charge on any atom is -0.462 e. The number of esters is 1. The molecule has 0 spiro atoms. The first-order valence-electron chi connectivity index (χ1n) is 7.16. The fourth-order valence-electron chi connectivity index (χ4n) is 3.08. The molecule has 1 aliphatic rings. The maximum absolute atomic E-state index is 12.0. The second kappa shape index (κ2) is 6.42. The predicted octanol–water partition coefficient (Wildman–Crippen LogP) is 4.04. The minimum absolute atomic E-state index is 0.0461. The Morgan fingerprint density at radius 3 is 2.53 bits per heavy atom. The van der Waals surface area contributed by atoms with Crippen LogP contribution in [0.1, 0.15) is 60.3 Å². The van der Waals surface area contributed by atoms with E-state index in [4.69, 9.17) is 4.74 Å². The van der Waals surface area contributed by atoms with Crippen molar-refractivity contribution < 1.29 is 9.53 Å². The van der Waals surface area contributed by atoms with E-state index in [1.807, 2.05) is 0 Å². The normalized spacial score (nSPS) is 31.4. The molecule has 2 heteroatoms. The average molecular weight is 243 g/mol.